The molecule has 5 nitrogen and oxygen atoms in total. The summed E-state index contributed by atoms with van der Waals surface area (Å²) in [4.78, 5) is 10.1. The lowest BCUT2D eigenvalue weighted by molar-refractivity contribution is -0.383. The zero-order valence-corrected chi connectivity index (χ0v) is 7.93. The van der Waals surface area contributed by atoms with Crippen LogP contribution >= 0.6 is 15.9 Å². The van der Waals surface area contributed by atoms with Crippen molar-refractivity contribution in [2.24, 2.45) is 0 Å². The molecule has 0 aliphatic carbocycles. The molecule has 2 aromatic rings. The van der Waals surface area contributed by atoms with E-state index in [4.69, 9.17) is 0 Å². The smallest absolute Gasteiger partial charge is 0.258 e. The third-order valence-corrected chi connectivity index (χ3v) is 2.15. The Bertz CT molecular complexity index is 480. The van der Waals surface area contributed by atoms with Crippen molar-refractivity contribution in [1.82, 2.24) is 9.61 Å². The fourth-order valence-electron chi connectivity index (χ4n) is 1.08. The highest BCUT2D eigenvalue weighted by Crippen LogP contribution is 2.21. The van der Waals surface area contributed by atoms with Gasteiger partial charge < -0.3 is 0 Å². The molecule has 0 unspecified atom stereocenters. The predicted octanol–water partition coefficient (Wildman–Crippen LogP) is 2.00. The van der Waals surface area contributed by atoms with E-state index in [0.29, 0.717) is 5.52 Å². The average Bonchev–Trinajstić information content (AvgIpc) is 2.46. The first-order chi connectivity index (χ1) is 6.18. The molecule has 0 aliphatic heterocycles. The second kappa shape index (κ2) is 2.81. The van der Waals surface area contributed by atoms with E-state index < -0.39 is 4.92 Å². The van der Waals surface area contributed by atoms with Crippen LogP contribution in [0, 0.1) is 10.1 Å². The first kappa shape index (κ1) is 8.18. The number of nitro groups is 1. The molecule has 0 bridgehead atoms. The number of nitrogens with zero attached hydrogens (tertiary/aromatic N) is 3. The highest BCUT2D eigenvalue weighted by molar-refractivity contribution is 9.10. The summed E-state index contributed by atoms with van der Waals surface area (Å²) in [5, 5.41) is 14.4. The Balaban J connectivity index is 2.79. The summed E-state index contributed by atoms with van der Waals surface area (Å²) in [5.41, 5.74) is 0.501. The molecule has 0 spiro atoms. The molecule has 0 saturated carbocycles. The summed E-state index contributed by atoms with van der Waals surface area (Å²) in [5.74, 6) is 0. The molecular weight excluding hydrogens is 238 g/mol. The standard InChI is InChI=1S/C7H4BrN3O2/c8-5-1-2-10-6(3-5)7(4-9-10)11(12)13/h1-4H. The van der Waals surface area contributed by atoms with Crippen molar-refractivity contribution >= 4 is 27.1 Å². The Kier molecular flexibility index (Phi) is 1.77. The topological polar surface area (TPSA) is 60.4 Å². The molecular formula is C7H4BrN3O2. The number of hydrogen-bond donors (Lipinski definition) is 0. The predicted molar refractivity (Wildman–Crippen MR) is 49.5 cm³/mol. The maximum absolute atomic E-state index is 10.5. The van der Waals surface area contributed by atoms with E-state index >= 15 is 0 Å². The zero-order valence-electron chi connectivity index (χ0n) is 6.35. The molecule has 0 aliphatic rings. The number of halogens is 1. The Morgan fingerprint density at radius 3 is 3.08 bits per heavy atom. The van der Waals surface area contributed by atoms with E-state index in [2.05, 4.69) is 21.0 Å². The van der Waals surface area contributed by atoms with Gasteiger partial charge in [-0.25, -0.2) is 4.52 Å². The summed E-state index contributed by atoms with van der Waals surface area (Å²) in [6, 6.07) is 3.43. The van der Waals surface area contributed by atoms with Crippen LogP contribution in [0.4, 0.5) is 5.69 Å². The second-order valence-corrected chi connectivity index (χ2v) is 3.38. The lowest BCUT2D eigenvalue weighted by Crippen LogP contribution is -1.88. The molecule has 2 rings (SSSR count). The molecule has 2 heterocycles. The van der Waals surface area contributed by atoms with Crippen molar-refractivity contribution in [1.29, 1.82) is 0 Å². The molecule has 0 N–H and O–H groups in total. The number of hydrogen-bond acceptors (Lipinski definition) is 3. The Morgan fingerprint density at radius 2 is 2.38 bits per heavy atom. The lowest BCUT2D eigenvalue weighted by Gasteiger charge is -1.92. The fraction of sp³-hybridized carbons (Fsp3) is 0. The lowest BCUT2D eigenvalue weighted by atomic mass is 10.4. The summed E-state index contributed by atoms with van der Waals surface area (Å²) >= 11 is 3.24. The van der Waals surface area contributed by atoms with Crippen LogP contribution in [0.1, 0.15) is 0 Å². The maximum atomic E-state index is 10.5. The van der Waals surface area contributed by atoms with Crippen molar-refractivity contribution < 1.29 is 4.92 Å². The summed E-state index contributed by atoms with van der Waals surface area (Å²) in [6.07, 6.45) is 2.90. The van der Waals surface area contributed by atoms with Crippen LogP contribution in [0.15, 0.2) is 29.0 Å². The van der Waals surface area contributed by atoms with Gasteiger partial charge in [-0.2, -0.15) is 5.10 Å². The van der Waals surface area contributed by atoms with Crippen molar-refractivity contribution in [2.75, 3.05) is 0 Å². The van der Waals surface area contributed by atoms with Gasteiger partial charge in [-0.15, -0.1) is 0 Å². The monoisotopic (exact) mass is 241 g/mol. The van der Waals surface area contributed by atoms with Crippen LogP contribution < -0.4 is 0 Å². The number of aromatic nitrogens is 2. The van der Waals surface area contributed by atoms with Crippen LogP contribution in [0.2, 0.25) is 0 Å². The van der Waals surface area contributed by atoms with E-state index in [1.807, 2.05) is 0 Å². The molecule has 2 aromatic heterocycles. The first-order valence-corrected chi connectivity index (χ1v) is 4.25. The Hall–Kier alpha value is -1.43. The highest BCUT2D eigenvalue weighted by atomic mass is 79.9. The largest absolute Gasteiger partial charge is 0.314 e. The minimum Gasteiger partial charge on any atom is -0.258 e. The van der Waals surface area contributed by atoms with Gasteiger partial charge in [-0.1, -0.05) is 15.9 Å². The van der Waals surface area contributed by atoms with E-state index in [1.54, 1.807) is 18.3 Å². The third kappa shape index (κ3) is 1.29. The summed E-state index contributed by atoms with van der Waals surface area (Å²) < 4.78 is 2.26. The molecule has 0 aromatic carbocycles. The van der Waals surface area contributed by atoms with Crippen molar-refractivity contribution in [3.05, 3.63) is 39.1 Å². The highest BCUT2D eigenvalue weighted by Gasteiger charge is 2.13. The maximum Gasteiger partial charge on any atom is 0.314 e. The number of pyridine rings is 1. The molecule has 0 fully saturated rings. The molecule has 0 amide bonds. The van der Waals surface area contributed by atoms with Gasteiger partial charge >= 0.3 is 5.69 Å². The molecule has 0 atom stereocenters. The SMILES string of the molecule is O=[N+]([O-])c1cnn2ccc(Br)cc12. The number of rotatable bonds is 1. The van der Waals surface area contributed by atoms with Gasteiger partial charge in [0.05, 0.1) is 4.92 Å². The van der Waals surface area contributed by atoms with Crippen LogP contribution in [-0.2, 0) is 0 Å². The summed E-state index contributed by atoms with van der Waals surface area (Å²) in [6.45, 7) is 0. The first-order valence-electron chi connectivity index (χ1n) is 3.46. The van der Waals surface area contributed by atoms with Gasteiger partial charge in [-0.3, -0.25) is 10.1 Å². The van der Waals surface area contributed by atoms with Crippen LogP contribution in [0.3, 0.4) is 0 Å². The fourth-order valence-corrected chi connectivity index (χ4v) is 1.42. The average molecular weight is 242 g/mol. The summed E-state index contributed by atoms with van der Waals surface area (Å²) in [7, 11) is 0. The van der Waals surface area contributed by atoms with E-state index in [-0.39, 0.29) is 5.69 Å². The van der Waals surface area contributed by atoms with Crippen LogP contribution in [0.25, 0.3) is 5.52 Å². The molecule has 13 heavy (non-hydrogen) atoms. The van der Waals surface area contributed by atoms with Crippen molar-refractivity contribution in [3.63, 3.8) is 0 Å². The van der Waals surface area contributed by atoms with Crippen LogP contribution in [-0.4, -0.2) is 14.5 Å². The quantitative estimate of drug-likeness (QED) is 0.567. The Labute approximate surface area is 81.3 Å². The van der Waals surface area contributed by atoms with Crippen LogP contribution in [0.5, 0.6) is 0 Å². The number of fused-ring (bicyclic) bond motifs is 1. The minimum absolute atomic E-state index is 0.0151. The van der Waals surface area contributed by atoms with Gasteiger partial charge in [-0.05, 0) is 12.1 Å². The van der Waals surface area contributed by atoms with Gasteiger partial charge in [0.1, 0.15) is 11.7 Å². The van der Waals surface area contributed by atoms with Crippen molar-refractivity contribution in [2.45, 2.75) is 0 Å². The van der Waals surface area contributed by atoms with Gasteiger partial charge in [0.15, 0.2) is 0 Å². The Morgan fingerprint density at radius 1 is 1.62 bits per heavy atom. The molecule has 6 heteroatoms. The second-order valence-electron chi connectivity index (χ2n) is 2.46. The van der Waals surface area contributed by atoms with E-state index in [0.717, 1.165) is 4.47 Å². The minimum atomic E-state index is -0.450. The zero-order chi connectivity index (χ0) is 9.42. The van der Waals surface area contributed by atoms with E-state index in [9.17, 15) is 10.1 Å². The molecule has 66 valence electrons. The van der Waals surface area contributed by atoms with Gasteiger partial charge in [0.2, 0.25) is 0 Å². The molecule has 0 radical (unpaired) electrons. The van der Waals surface area contributed by atoms with Crippen molar-refractivity contribution in [3.8, 4) is 0 Å². The molecule has 0 saturated heterocycles. The third-order valence-electron chi connectivity index (χ3n) is 1.66. The van der Waals surface area contributed by atoms with Gasteiger partial charge in [0.25, 0.3) is 0 Å². The van der Waals surface area contributed by atoms with Gasteiger partial charge in [0, 0.05) is 10.7 Å². The normalized spacial score (nSPS) is 10.5. The van der Waals surface area contributed by atoms with E-state index in [1.165, 1.54) is 10.7 Å².